The highest BCUT2D eigenvalue weighted by atomic mass is 32.1. The van der Waals surface area contributed by atoms with E-state index in [-0.39, 0.29) is 0 Å². The molecule has 0 spiro atoms. The zero-order chi connectivity index (χ0) is 8.91. The fourth-order valence-corrected chi connectivity index (χ4v) is 0.820. The number of hydrogen-bond acceptors (Lipinski definition) is 4. The van der Waals surface area contributed by atoms with Crippen molar-refractivity contribution in [2.24, 2.45) is 17.2 Å². The maximum Gasteiger partial charge on any atom is 0.247 e. The van der Waals surface area contributed by atoms with Crippen molar-refractivity contribution in [2.75, 3.05) is 6.54 Å². The second-order valence-corrected chi connectivity index (χ2v) is 3.33. The third kappa shape index (κ3) is 4.23. The Bertz CT molecular complexity index is 138. The Morgan fingerprint density at radius 1 is 1.45 bits per heavy atom. The van der Waals surface area contributed by atoms with Gasteiger partial charge in [0.05, 0.1) is 0 Å². The molecule has 66 valence electrons. The van der Waals surface area contributed by atoms with Crippen molar-refractivity contribution in [3.8, 4) is 0 Å². The van der Waals surface area contributed by atoms with Crippen LogP contribution in [0.2, 0.25) is 0 Å². The SMILES string of the molecule is NCCCCC(N)(S)C(N)=O. The van der Waals surface area contributed by atoms with Gasteiger partial charge in [0.25, 0.3) is 0 Å². The van der Waals surface area contributed by atoms with Crippen molar-refractivity contribution in [2.45, 2.75) is 24.1 Å². The Morgan fingerprint density at radius 2 is 2.00 bits per heavy atom. The largest absolute Gasteiger partial charge is 0.367 e. The number of nitrogens with two attached hydrogens (primary N) is 3. The summed E-state index contributed by atoms with van der Waals surface area (Å²) < 4.78 is 0. The first kappa shape index (κ1) is 10.7. The molecule has 1 unspecified atom stereocenters. The minimum Gasteiger partial charge on any atom is -0.367 e. The van der Waals surface area contributed by atoms with Gasteiger partial charge in [-0.25, -0.2) is 0 Å². The average molecular weight is 177 g/mol. The molecule has 0 saturated heterocycles. The summed E-state index contributed by atoms with van der Waals surface area (Å²) in [5.74, 6) is -0.585. The van der Waals surface area contributed by atoms with Crippen LogP contribution in [0.5, 0.6) is 0 Å². The summed E-state index contributed by atoms with van der Waals surface area (Å²) in [5, 5.41) is 0. The van der Waals surface area contributed by atoms with Crippen molar-refractivity contribution in [3.05, 3.63) is 0 Å². The van der Waals surface area contributed by atoms with Crippen LogP contribution in [0.25, 0.3) is 0 Å². The standard InChI is InChI=1S/C6H15N3OS/c7-4-2-1-3-6(9,11)5(8)10/h11H,1-4,7,9H2,(H2,8,10). The van der Waals surface area contributed by atoms with E-state index in [4.69, 9.17) is 17.2 Å². The first-order valence-corrected chi connectivity index (χ1v) is 3.96. The highest BCUT2D eigenvalue weighted by Gasteiger charge is 2.25. The van der Waals surface area contributed by atoms with Crippen LogP contribution in [0.3, 0.4) is 0 Å². The molecule has 4 nitrogen and oxygen atoms in total. The lowest BCUT2D eigenvalue weighted by molar-refractivity contribution is -0.120. The Balaban J connectivity index is 3.64. The van der Waals surface area contributed by atoms with Gasteiger partial charge in [0.2, 0.25) is 5.91 Å². The molecule has 6 N–H and O–H groups in total. The number of carbonyl (C=O) groups is 1. The third-order valence-electron chi connectivity index (χ3n) is 1.44. The first-order chi connectivity index (χ1) is 5.00. The van der Waals surface area contributed by atoms with E-state index in [1.54, 1.807) is 0 Å². The Morgan fingerprint density at radius 3 is 2.36 bits per heavy atom. The molecule has 5 heteroatoms. The summed E-state index contributed by atoms with van der Waals surface area (Å²) in [6.45, 7) is 0.600. The number of carbonyl (C=O) groups excluding carboxylic acids is 1. The molecule has 0 rings (SSSR count). The third-order valence-corrected chi connectivity index (χ3v) is 1.88. The topological polar surface area (TPSA) is 95.1 Å². The molecule has 0 aromatic heterocycles. The van der Waals surface area contributed by atoms with Gasteiger partial charge in [-0.1, -0.05) is 0 Å². The van der Waals surface area contributed by atoms with Gasteiger partial charge in [0.1, 0.15) is 4.87 Å². The number of thiol groups is 1. The summed E-state index contributed by atoms with van der Waals surface area (Å²) in [5.41, 5.74) is 15.7. The number of rotatable bonds is 5. The maximum absolute atomic E-state index is 10.6. The van der Waals surface area contributed by atoms with E-state index in [0.29, 0.717) is 13.0 Å². The minimum atomic E-state index is -1.17. The van der Waals surface area contributed by atoms with E-state index in [0.717, 1.165) is 12.8 Å². The molecular formula is C6H15N3OS. The van der Waals surface area contributed by atoms with E-state index < -0.39 is 10.8 Å². The van der Waals surface area contributed by atoms with Crippen molar-refractivity contribution < 1.29 is 4.79 Å². The van der Waals surface area contributed by atoms with Gasteiger partial charge >= 0.3 is 0 Å². The van der Waals surface area contributed by atoms with Crippen LogP contribution in [-0.2, 0) is 4.79 Å². The molecule has 0 aliphatic carbocycles. The highest BCUT2D eigenvalue weighted by molar-refractivity contribution is 7.82. The lowest BCUT2D eigenvalue weighted by atomic mass is 10.1. The second kappa shape index (κ2) is 4.58. The van der Waals surface area contributed by atoms with Gasteiger partial charge in [0, 0.05) is 0 Å². The molecular weight excluding hydrogens is 162 g/mol. The van der Waals surface area contributed by atoms with Crippen molar-refractivity contribution in [1.29, 1.82) is 0 Å². The number of amides is 1. The lowest BCUT2D eigenvalue weighted by Gasteiger charge is -2.18. The van der Waals surface area contributed by atoms with E-state index >= 15 is 0 Å². The molecule has 1 atom stereocenters. The van der Waals surface area contributed by atoms with Crippen LogP contribution >= 0.6 is 12.6 Å². The van der Waals surface area contributed by atoms with Gasteiger partial charge in [-0.3, -0.25) is 4.79 Å². The zero-order valence-electron chi connectivity index (χ0n) is 6.42. The second-order valence-electron chi connectivity index (χ2n) is 2.53. The van der Waals surface area contributed by atoms with E-state index in [1.165, 1.54) is 0 Å². The summed E-state index contributed by atoms with van der Waals surface area (Å²) in [4.78, 5) is 9.43. The smallest absolute Gasteiger partial charge is 0.247 e. The molecule has 0 bridgehead atoms. The molecule has 0 heterocycles. The molecule has 0 aromatic rings. The zero-order valence-corrected chi connectivity index (χ0v) is 7.31. The number of unbranched alkanes of at least 4 members (excludes halogenated alkanes) is 1. The van der Waals surface area contributed by atoms with Crippen LogP contribution in [0.4, 0.5) is 0 Å². The Hall–Kier alpha value is -0.260. The molecule has 1 amide bonds. The predicted molar refractivity (Wildman–Crippen MR) is 48.0 cm³/mol. The van der Waals surface area contributed by atoms with Crippen LogP contribution in [0, 0.1) is 0 Å². The van der Waals surface area contributed by atoms with Crippen molar-refractivity contribution in [1.82, 2.24) is 0 Å². The number of primary amides is 1. The molecule has 0 aromatic carbocycles. The molecule has 0 aliphatic heterocycles. The summed E-state index contributed by atoms with van der Waals surface area (Å²) >= 11 is 3.92. The molecule has 0 saturated carbocycles. The monoisotopic (exact) mass is 177 g/mol. The fraction of sp³-hybridized carbons (Fsp3) is 0.833. The summed E-state index contributed by atoms with van der Waals surface area (Å²) in [7, 11) is 0. The van der Waals surface area contributed by atoms with Crippen molar-refractivity contribution >= 4 is 18.5 Å². The quantitative estimate of drug-likeness (QED) is 0.251. The van der Waals surface area contributed by atoms with Crippen LogP contribution in [0.1, 0.15) is 19.3 Å². The van der Waals surface area contributed by atoms with Crippen molar-refractivity contribution in [3.63, 3.8) is 0 Å². The molecule has 0 fully saturated rings. The maximum atomic E-state index is 10.6. The van der Waals surface area contributed by atoms with Crippen LogP contribution < -0.4 is 17.2 Å². The normalized spacial score (nSPS) is 15.9. The molecule has 11 heavy (non-hydrogen) atoms. The van der Waals surface area contributed by atoms with Crippen LogP contribution in [0.15, 0.2) is 0 Å². The minimum absolute atomic E-state index is 0.475. The van der Waals surface area contributed by atoms with E-state index in [9.17, 15) is 4.79 Å². The van der Waals surface area contributed by atoms with Gasteiger partial charge in [-0.15, -0.1) is 12.6 Å². The van der Waals surface area contributed by atoms with Gasteiger partial charge in [-0.05, 0) is 25.8 Å². The van der Waals surface area contributed by atoms with Gasteiger partial charge in [0.15, 0.2) is 0 Å². The fourth-order valence-electron chi connectivity index (χ4n) is 0.662. The number of hydrogen-bond donors (Lipinski definition) is 4. The predicted octanol–water partition coefficient (Wildman–Crippen LogP) is -0.814. The Labute approximate surface area is 71.9 Å². The highest BCUT2D eigenvalue weighted by Crippen LogP contribution is 2.14. The summed E-state index contributed by atoms with van der Waals surface area (Å²) in [6.07, 6.45) is 2.09. The average Bonchev–Trinajstić information content (AvgIpc) is 1.88. The lowest BCUT2D eigenvalue weighted by Crippen LogP contribution is -2.47. The molecule has 0 radical (unpaired) electrons. The van der Waals surface area contributed by atoms with E-state index in [1.807, 2.05) is 0 Å². The van der Waals surface area contributed by atoms with Gasteiger partial charge in [-0.2, -0.15) is 0 Å². The van der Waals surface area contributed by atoms with E-state index in [2.05, 4.69) is 12.6 Å². The van der Waals surface area contributed by atoms with Gasteiger partial charge < -0.3 is 17.2 Å². The summed E-state index contributed by atoms with van der Waals surface area (Å²) in [6, 6.07) is 0. The Kier molecular flexibility index (Phi) is 4.48. The van der Waals surface area contributed by atoms with Crippen LogP contribution in [-0.4, -0.2) is 17.3 Å². The molecule has 0 aliphatic rings. The first-order valence-electron chi connectivity index (χ1n) is 3.52.